The summed E-state index contributed by atoms with van der Waals surface area (Å²) in [6, 6.07) is 0. The monoisotopic (exact) mass is 177 g/mol. The minimum atomic E-state index is -3.14. The van der Waals surface area contributed by atoms with Gasteiger partial charge < -0.3 is 13.4 Å². The van der Waals surface area contributed by atoms with Gasteiger partial charge in [-0.15, -0.1) is 0 Å². The molecule has 1 aliphatic carbocycles. The summed E-state index contributed by atoms with van der Waals surface area (Å²) >= 11 is 0. The Morgan fingerprint density at radius 2 is 2.17 bits per heavy atom. The lowest BCUT2D eigenvalue weighted by Crippen LogP contribution is -2.09. The van der Waals surface area contributed by atoms with Crippen molar-refractivity contribution in [1.82, 2.24) is 0 Å². The van der Waals surface area contributed by atoms with Gasteiger partial charge in [0.2, 0.25) is 0 Å². The van der Waals surface area contributed by atoms with Gasteiger partial charge in [0.05, 0.1) is 6.61 Å². The van der Waals surface area contributed by atoms with Crippen LogP contribution in [0.15, 0.2) is 0 Å². The van der Waals surface area contributed by atoms with E-state index < -0.39 is 25.0 Å². The Morgan fingerprint density at radius 3 is 2.50 bits per heavy atom. The summed E-state index contributed by atoms with van der Waals surface area (Å²) in [4.78, 5) is 11.0. The molecule has 0 amide bonds. The molecule has 0 saturated heterocycles. The van der Waals surface area contributed by atoms with Crippen molar-refractivity contribution in [3.8, 4) is 0 Å². The zero-order valence-corrected chi connectivity index (χ0v) is 7.22. The molecule has 1 rings (SSSR count). The number of esters is 1. The molecule has 3 atom stereocenters. The summed E-state index contributed by atoms with van der Waals surface area (Å²) < 4.78 is 29.1. The highest BCUT2D eigenvalue weighted by Gasteiger charge is 2.52. The molecule has 0 aliphatic heterocycles. The lowest BCUT2D eigenvalue weighted by molar-refractivity contribution is -0.145. The Balaban J connectivity index is 2.42. The number of hydrogen-bond donors (Lipinski definition) is 0. The molecule has 0 aromatic rings. The van der Waals surface area contributed by atoms with Gasteiger partial charge in [-0.1, -0.05) is 18.7 Å². The molecule has 0 aromatic carbocycles. The van der Waals surface area contributed by atoms with Crippen LogP contribution in [0.25, 0.3) is 0 Å². The molecule has 1 unspecified atom stereocenters. The van der Waals surface area contributed by atoms with Gasteiger partial charge in [-0.25, -0.2) is 0 Å². The second kappa shape index (κ2) is 3.41. The molecule has 1 saturated carbocycles. The third-order valence-electron chi connectivity index (χ3n) is 2.48. The van der Waals surface area contributed by atoms with Crippen LogP contribution < -0.4 is 0 Å². The standard InChI is InChI=1S/C7H12BF2O2/c1-3-12-7(11)5-4(2)6(5)8(9)10/h4-6,8H,3H2,1-2H3/q-1/t4?,5-,6-/m0/s1. The van der Waals surface area contributed by atoms with E-state index in [-0.39, 0.29) is 12.5 Å². The highest BCUT2D eigenvalue weighted by molar-refractivity contribution is 6.47. The largest absolute Gasteiger partial charge is 0.481 e. The fourth-order valence-electron chi connectivity index (χ4n) is 1.65. The molecular weight excluding hydrogens is 165 g/mol. The Kier molecular flexibility index (Phi) is 2.70. The average molecular weight is 177 g/mol. The first-order chi connectivity index (χ1) is 5.59. The minimum absolute atomic E-state index is 0.181. The molecule has 0 radical (unpaired) electrons. The number of ether oxygens (including phenoxy) is 1. The summed E-state index contributed by atoms with van der Waals surface area (Å²) in [7, 11) is -3.14. The van der Waals surface area contributed by atoms with Gasteiger partial charge in [-0.2, -0.15) is 0 Å². The van der Waals surface area contributed by atoms with Gasteiger partial charge in [-0.3, -0.25) is 4.79 Å². The maximum Gasteiger partial charge on any atom is 0.306 e. The molecule has 2 nitrogen and oxygen atoms in total. The van der Waals surface area contributed by atoms with Crippen LogP contribution in [0.3, 0.4) is 0 Å². The van der Waals surface area contributed by atoms with Crippen molar-refractivity contribution in [2.45, 2.75) is 19.7 Å². The molecular formula is C7H12BF2O2-. The molecule has 0 bridgehead atoms. The predicted octanol–water partition coefficient (Wildman–Crippen LogP) is 1.35. The summed E-state index contributed by atoms with van der Waals surface area (Å²) in [5.41, 5.74) is 0. The van der Waals surface area contributed by atoms with Crippen LogP contribution in [0.1, 0.15) is 13.8 Å². The van der Waals surface area contributed by atoms with Crippen molar-refractivity contribution in [2.24, 2.45) is 11.8 Å². The van der Waals surface area contributed by atoms with Crippen molar-refractivity contribution in [1.29, 1.82) is 0 Å². The molecule has 0 aromatic heterocycles. The zero-order valence-electron chi connectivity index (χ0n) is 7.22. The quantitative estimate of drug-likeness (QED) is 0.480. The predicted molar refractivity (Wildman–Crippen MR) is 42.4 cm³/mol. The molecule has 1 fully saturated rings. The van der Waals surface area contributed by atoms with Crippen molar-refractivity contribution >= 4 is 13.2 Å². The van der Waals surface area contributed by atoms with Gasteiger partial charge in [-0.05, 0) is 6.92 Å². The van der Waals surface area contributed by atoms with E-state index >= 15 is 0 Å². The van der Waals surface area contributed by atoms with Crippen molar-refractivity contribution in [3.05, 3.63) is 0 Å². The summed E-state index contributed by atoms with van der Waals surface area (Å²) in [5.74, 6) is -1.86. The Morgan fingerprint density at radius 1 is 1.58 bits per heavy atom. The molecule has 5 heteroatoms. The molecule has 1 aliphatic rings. The van der Waals surface area contributed by atoms with E-state index in [4.69, 9.17) is 0 Å². The van der Waals surface area contributed by atoms with Crippen LogP contribution >= 0.6 is 0 Å². The number of hydrogen-bond acceptors (Lipinski definition) is 2. The average Bonchev–Trinajstić information content (AvgIpc) is 2.62. The highest BCUT2D eigenvalue weighted by Crippen LogP contribution is 2.54. The molecule has 12 heavy (non-hydrogen) atoms. The van der Waals surface area contributed by atoms with E-state index in [1.54, 1.807) is 13.8 Å². The highest BCUT2D eigenvalue weighted by atomic mass is 19.2. The fraction of sp³-hybridized carbons (Fsp3) is 0.857. The smallest absolute Gasteiger partial charge is 0.306 e. The number of carbonyl (C=O) groups excluding carboxylic acids is 1. The Hall–Kier alpha value is -0.605. The van der Waals surface area contributed by atoms with Crippen LogP contribution in [-0.4, -0.2) is 19.8 Å². The Bertz CT molecular complexity index is 186. The SMILES string of the molecule is CCOC(=O)[C@H]1C(C)[C@@H]1[BH-](F)F. The van der Waals surface area contributed by atoms with Crippen LogP contribution in [0.2, 0.25) is 5.82 Å². The Labute approximate surface area is 70.5 Å². The van der Waals surface area contributed by atoms with E-state index in [9.17, 15) is 13.4 Å². The third-order valence-corrected chi connectivity index (χ3v) is 2.48. The van der Waals surface area contributed by atoms with E-state index in [1.165, 1.54) is 0 Å². The van der Waals surface area contributed by atoms with Gasteiger partial charge in [0.15, 0.2) is 0 Å². The number of rotatable bonds is 3. The van der Waals surface area contributed by atoms with Crippen LogP contribution in [-0.2, 0) is 9.53 Å². The summed E-state index contributed by atoms with van der Waals surface area (Å²) in [6.45, 7) is 3.62. The number of halogens is 2. The van der Waals surface area contributed by atoms with E-state index in [2.05, 4.69) is 4.74 Å². The lowest BCUT2D eigenvalue weighted by atomic mass is 9.87. The van der Waals surface area contributed by atoms with Crippen LogP contribution in [0.4, 0.5) is 8.63 Å². The second-order valence-electron chi connectivity index (χ2n) is 3.21. The normalized spacial score (nSPS) is 33.6. The van der Waals surface area contributed by atoms with Crippen molar-refractivity contribution in [3.63, 3.8) is 0 Å². The van der Waals surface area contributed by atoms with Crippen LogP contribution in [0.5, 0.6) is 0 Å². The van der Waals surface area contributed by atoms with E-state index in [0.29, 0.717) is 0 Å². The van der Waals surface area contributed by atoms with Crippen LogP contribution in [0, 0.1) is 11.8 Å². The topological polar surface area (TPSA) is 26.3 Å². The van der Waals surface area contributed by atoms with Gasteiger partial charge in [0.25, 0.3) is 7.27 Å². The van der Waals surface area contributed by atoms with Gasteiger partial charge in [0, 0.05) is 5.92 Å². The maximum atomic E-state index is 12.2. The fourth-order valence-corrected chi connectivity index (χ4v) is 1.65. The lowest BCUT2D eigenvalue weighted by Gasteiger charge is -2.03. The molecule has 0 spiro atoms. The first kappa shape index (κ1) is 9.48. The first-order valence-electron chi connectivity index (χ1n) is 4.21. The molecule has 70 valence electrons. The first-order valence-corrected chi connectivity index (χ1v) is 4.21. The van der Waals surface area contributed by atoms with Gasteiger partial charge in [0.1, 0.15) is 0 Å². The molecule has 0 N–H and O–H groups in total. The third kappa shape index (κ3) is 1.59. The zero-order chi connectivity index (χ0) is 9.30. The minimum Gasteiger partial charge on any atom is -0.481 e. The second-order valence-corrected chi connectivity index (χ2v) is 3.21. The van der Waals surface area contributed by atoms with E-state index in [0.717, 1.165) is 0 Å². The van der Waals surface area contributed by atoms with Gasteiger partial charge >= 0.3 is 5.97 Å². The summed E-state index contributed by atoms with van der Waals surface area (Å²) in [5, 5.41) is 0. The summed E-state index contributed by atoms with van der Waals surface area (Å²) in [6.07, 6.45) is 0. The number of carbonyl (C=O) groups is 1. The molecule has 0 heterocycles. The van der Waals surface area contributed by atoms with Crippen molar-refractivity contribution < 1.29 is 18.2 Å². The van der Waals surface area contributed by atoms with Crippen molar-refractivity contribution in [2.75, 3.05) is 6.61 Å². The van der Waals surface area contributed by atoms with E-state index in [1.807, 2.05) is 0 Å². The maximum absolute atomic E-state index is 12.2.